The number of ketones is 1. The van der Waals surface area contributed by atoms with Crippen molar-refractivity contribution in [2.24, 2.45) is 10.8 Å². The van der Waals surface area contributed by atoms with Gasteiger partial charge in [0.1, 0.15) is 0 Å². The molecule has 0 N–H and O–H groups in total. The monoisotopic (exact) mass is 466 g/mol. The first kappa shape index (κ1) is 24.0. The van der Waals surface area contributed by atoms with E-state index in [1.165, 1.54) is 14.2 Å². The Balaban J connectivity index is 2.07. The fourth-order valence-corrected chi connectivity index (χ4v) is 5.94. The minimum absolute atomic E-state index is 0.117. The Bertz CT molecular complexity index is 986. The van der Waals surface area contributed by atoms with Crippen molar-refractivity contribution in [3.05, 3.63) is 60.2 Å². The molecule has 9 nitrogen and oxygen atoms in total. The molecular formula is C25H30N4O5. The predicted molar refractivity (Wildman–Crippen MR) is 122 cm³/mol. The Morgan fingerprint density at radius 2 is 1.41 bits per heavy atom. The number of rotatable bonds is 6. The van der Waals surface area contributed by atoms with E-state index in [-0.39, 0.29) is 13.1 Å². The van der Waals surface area contributed by atoms with Crippen molar-refractivity contribution in [1.82, 2.24) is 19.8 Å². The zero-order chi connectivity index (χ0) is 24.5. The van der Waals surface area contributed by atoms with Crippen LogP contribution in [0.3, 0.4) is 0 Å². The number of Topliss-reactive ketones (excluding diaryl/α,β-unsaturated/α-hetero) is 1. The molecule has 180 valence electrons. The summed E-state index contributed by atoms with van der Waals surface area (Å²) in [5, 5.41) is 0. The normalized spacial score (nSPS) is 29.5. The second-order valence-electron chi connectivity index (χ2n) is 8.95. The highest BCUT2D eigenvalue weighted by Gasteiger charge is 2.75. The van der Waals surface area contributed by atoms with Crippen LogP contribution in [-0.2, 0) is 23.9 Å². The van der Waals surface area contributed by atoms with Gasteiger partial charge in [-0.05, 0) is 44.3 Å². The van der Waals surface area contributed by atoms with Crippen LogP contribution >= 0.6 is 0 Å². The van der Waals surface area contributed by atoms with Gasteiger partial charge in [-0.1, -0.05) is 19.1 Å². The van der Waals surface area contributed by atoms with E-state index in [1.54, 1.807) is 43.7 Å². The largest absolute Gasteiger partial charge is 0.468 e. The maximum Gasteiger partial charge on any atom is 0.322 e. The number of fused-ring (bicyclic) bond motifs is 2. The van der Waals surface area contributed by atoms with Gasteiger partial charge in [0.25, 0.3) is 0 Å². The Morgan fingerprint density at radius 3 is 1.76 bits per heavy atom. The highest BCUT2D eigenvalue weighted by atomic mass is 16.5. The van der Waals surface area contributed by atoms with Gasteiger partial charge >= 0.3 is 11.9 Å². The first-order valence-corrected chi connectivity index (χ1v) is 11.4. The summed E-state index contributed by atoms with van der Waals surface area (Å²) >= 11 is 0. The van der Waals surface area contributed by atoms with Crippen LogP contribution < -0.4 is 0 Å². The van der Waals surface area contributed by atoms with Gasteiger partial charge in [0.15, 0.2) is 16.6 Å². The molecule has 34 heavy (non-hydrogen) atoms. The number of carbonyl (C=O) groups is 3. The van der Waals surface area contributed by atoms with Crippen LogP contribution in [0, 0.1) is 10.8 Å². The summed E-state index contributed by atoms with van der Waals surface area (Å²) in [6.45, 7) is 2.84. The third-order valence-corrected chi connectivity index (χ3v) is 7.08. The van der Waals surface area contributed by atoms with Crippen LogP contribution in [0.4, 0.5) is 0 Å². The molecule has 2 aromatic heterocycles. The van der Waals surface area contributed by atoms with Crippen LogP contribution in [-0.4, -0.2) is 78.4 Å². The van der Waals surface area contributed by atoms with Crippen molar-refractivity contribution in [2.75, 3.05) is 40.9 Å². The van der Waals surface area contributed by atoms with Crippen molar-refractivity contribution in [2.45, 2.75) is 25.4 Å². The van der Waals surface area contributed by atoms with Crippen molar-refractivity contribution in [3.8, 4) is 0 Å². The van der Waals surface area contributed by atoms with Crippen LogP contribution in [0.15, 0.2) is 48.8 Å². The van der Waals surface area contributed by atoms with Gasteiger partial charge in [-0.2, -0.15) is 0 Å². The van der Waals surface area contributed by atoms with Crippen LogP contribution in [0.25, 0.3) is 0 Å². The molecule has 2 unspecified atom stereocenters. The standard InChI is InChI=1S/C25H30N4O5/c1-5-14-29-15-24(22(31)33-3)19(17-10-6-8-12-26-17)28(2)20(18-11-7-9-13-27-18)25(16-29,21(24)30)23(32)34-4/h6-13,19-20H,5,14-16H2,1-4H3/t19-,20+,24?,25?. The number of methoxy groups -OCH3 is 2. The third kappa shape index (κ3) is 3.33. The molecule has 4 atom stereocenters. The second kappa shape index (κ2) is 9.23. The van der Waals surface area contributed by atoms with Crippen molar-refractivity contribution >= 4 is 17.7 Å². The second-order valence-corrected chi connectivity index (χ2v) is 8.95. The van der Waals surface area contributed by atoms with E-state index in [9.17, 15) is 14.4 Å². The topological polar surface area (TPSA) is 102 Å². The van der Waals surface area contributed by atoms with Gasteiger partial charge in [0.2, 0.25) is 0 Å². The summed E-state index contributed by atoms with van der Waals surface area (Å²) in [7, 11) is 4.34. The molecule has 2 aromatic rings. The lowest BCUT2D eigenvalue weighted by Crippen LogP contribution is -2.75. The highest BCUT2D eigenvalue weighted by molar-refractivity contribution is 6.17. The Morgan fingerprint density at radius 1 is 0.941 bits per heavy atom. The van der Waals surface area contributed by atoms with Crippen molar-refractivity contribution < 1.29 is 23.9 Å². The summed E-state index contributed by atoms with van der Waals surface area (Å²) in [6.07, 6.45) is 4.04. The summed E-state index contributed by atoms with van der Waals surface area (Å²) < 4.78 is 10.5. The summed E-state index contributed by atoms with van der Waals surface area (Å²) in [5.41, 5.74) is -2.27. The van der Waals surface area contributed by atoms with E-state index in [0.717, 1.165) is 6.42 Å². The van der Waals surface area contributed by atoms with Crippen LogP contribution in [0.2, 0.25) is 0 Å². The van der Waals surface area contributed by atoms with E-state index in [0.29, 0.717) is 17.9 Å². The zero-order valence-electron chi connectivity index (χ0n) is 19.9. The molecule has 0 aliphatic carbocycles. The maximum atomic E-state index is 14.6. The Hall–Kier alpha value is -3.17. The molecule has 2 bridgehead atoms. The molecule has 2 saturated heterocycles. The molecule has 9 heteroatoms. The van der Waals surface area contributed by atoms with E-state index in [2.05, 4.69) is 9.97 Å². The summed E-state index contributed by atoms with van der Waals surface area (Å²) in [6, 6.07) is 9.20. The van der Waals surface area contributed by atoms with E-state index < -0.39 is 40.6 Å². The highest BCUT2D eigenvalue weighted by Crippen LogP contribution is 2.60. The molecule has 2 aliphatic rings. The molecule has 4 heterocycles. The van der Waals surface area contributed by atoms with Gasteiger partial charge in [0, 0.05) is 25.5 Å². The van der Waals surface area contributed by atoms with Gasteiger partial charge in [0.05, 0.1) is 37.7 Å². The van der Waals surface area contributed by atoms with Crippen molar-refractivity contribution in [3.63, 3.8) is 0 Å². The number of ether oxygens (including phenoxy) is 2. The molecule has 0 aromatic carbocycles. The quantitative estimate of drug-likeness (QED) is 0.466. The zero-order valence-corrected chi connectivity index (χ0v) is 19.9. The number of pyridine rings is 2. The average Bonchev–Trinajstić information content (AvgIpc) is 2.86. The Kier molecular flexibility index (Phi) is 6.51. The predicted octanol–water partition coefficient (Wildman–Crippen LogP) is 1.82. The van der Waals surface area contributed by atoms with Crippen LogP contribution in [0.1, 0.15) is 36.8 Å². The van der Waals surface area contributed by atoms with Gasteiger partial charge < -0.3 is 14.4 Å². The Labute approximate surface area is 199 Å². The molecular weight excluding hydrogens is 436 g/mol. The average molecular weight is 467 g/mol. The third-order valence-electron chi connectivity index (χ3n) is 7.08. The first-order chi connectivity index (χ1) is 16.4. The van der Waals surface area contributed by atoms with E-state index in [4.69, 9.17) is 9.47 Å². The summed E-state index contributed by atoms with van der Waals surface area (Å²) in [4.78, 5) is 54.7. The number of hydrogen-bond donors (Lipinski definition) is 0. The number of hydrogen-bond acceptors (Lipinski definition) is 9. The molecule has 0 saturated carbocycles. The number of aromatic nitrogens is 2. The molecule has 4 rings (SSSR count). The molecule has 0 spiro atoms. The van der Waals surface area contributed by atoms with Gasteiger partial charge in [-0.25, -0.2) is 0 Å². The fraction of sp³-hybridized carbons (Fsp3) is 0.480. The lowest BCUT2D eigenvalue weighted by atomic mass is 9.54. The number of carbonyl (C=O) groups excluding carboxylic acids is 3. The number of piperidine rings is 2. The van der Waals surface area contributed by atoms with Crippen LogP contribution in [0.5, 0.6) is 0 Å². The van der Waals surface area contributed by atoms with E-state index >= 15 is 0 Å². The number of esters is 2. The van der Waals surface area contributed by atoms with Crippen molar-refractivity contribution in [1.29, 1.82) is 0 Å². The number of nitrogens with zero attached hydrogens (tertiary/aromatic N) is 4. The molecule has 0 radical (unpaired) electrons. The lowest BCUT2D eigenvalue weighted by Gasteiger charge is -2.60. The first-order valence-electron chi connectivity index (χ1n) is 11.4. The fourth-order valence-electron chi connectivity index (χ4n) is 5.94. The molecule has 2 fully saturated rings. The summed E-state index contributed by atoms with van der Waals surface area (Å²) in [5.74, 6) is -1.88. The van der Waals surface area contributed by atoms with E-state index in [1.807, 2.05) is 28.9 Å². The van der Waals surface area contributed by atoms with Gasteiger partial charge in [-0.15, -0.1) is 0 Å². The SMILES string of the molecule is CCCN1CC2(C(=O)OC)C(=O)C(C(=O)OC)(C1)[C@@H](c1ccccn1)N(C)[C@H]2c1ccccn1. The lowest BCUT2D eigenvalue weighted by molar-refractivity contribution is -0.203. The number of likely N-dealkylation sites (tertiary alicyclic amines) is 2. The maximum absolute atomic E-state index is 14.6. The minimum Gasteiger partial charge on any atom is -0.468 e. The molecule has 0 amide bonds. The van der Waals surface area contributed by atoms with Gasteiger partial charge in [-0.3, -0.25) is 29.3 Å². The smallest absolute Gasteiger partial charge is 0.322 e. The molecule has 2 aliphatic heterocycles. The minimum atomic E-state index is -1.68.